The standard InChI is InChI=1S/C19H22N2O2/c1-15-14-23-12-11-21(15)19(22)18(17-5-3-2-4-6-17)13-16-7-9-20-10-8-16/h2-10,15,18H,11-14H2,1H3. The number of nitrogens with zero attached hydrogens (tertiary/aromatic N) is 2. The van der Waals surface area contributed by atoms with Crippen molar-refractivity contribution in [1.82, 2.24) is 9.88 Å². The molecule has 4 heteroatoms. The molecule has 1 amide bonds. The van der Waals surface area contributed by atoms with Crippen molar-refractivity contribution in [3.8, 4) is 0 Å². The smallest absolute Gasteiger partial charge is 0.230 e. The van der Waals surface area contributed by atoms with Crippen LogP contribution in [-0.4, -0.2) is 41.6 Å². The molecule has 1 aromatic heterocycles. The van der Waals surface area contributed by atoms with Crippen LogP contribution >= 0.6 is 0 Å². The quantitative estimate of drug-likeness (QED) is 0.872. The second kappa shape index (κ2) is 7.38. The van der Waals surface area contributed by atoms with E-state index >= 15 is 0 Å². The van der Waals surface area contributed by atoms with Gasteiger partial charge in [-0.15, -0.1) is 0 Å². The first-order valence-corrected chi connectivity index (χ1v) is 8.08. The van der Waals surface area contributed by atoms with E-state index in [1.807, 2.05) is 54.3 Å². The summed E-state index contributed by atoms with van der Waals surface area (Å²) in [6.45, 7) is 3.95. The Kier molecular flexibility index (Phi) is 5.03. The first-order valence-electron chi connectivity index (χ1n) is 8.08. The number of pyridine rings is 1. The number of carbonyl (C=O) groups is 1. The molecular formula is C19H22N2O2. The summed E-state index contributed by atoms with van der Waals surface area (Å²) in [6.07, 6.45) is 4.24. The SMILES string of the molecule is CC1COCCN1C(=O)C(Cc1ccncc1)c1ccccc1. The van der Waals surface area contributed by atoms with Gasteiger partial charge in [-0.25, -0.2) is 0 Å². The molecule has 3 rings (SSSR count). The van der Waals surface area contributed by atoms with Gasteiger partial charge >= 0.3 is 0 Å². The van der Waals surface area contributed by atoms with Crippen LogP contribution in [0, 0.1) is 0 Å². The molecule has 0 spiro atoms. The number of amides is 1. The van der Waals surface area contributed by atoms with Crippen LogP contribution < -0.4 is 0 Å². The number of hydrogen-bond acceptors (Lipinski definition) is 3. The largest absolute Gasteiger partial charge is 0.377 e. The van der Waals surface area contributed by atoms with Crippen molar-refractivity contribution in [1.29, 1.82) is 0 Å². The van der Waals surface area contributed by atoms with E-state index in [-0.39, 0.29) is 17.9 Å². The van der Waals surface area contributed by atoms with E-state index in [9.17, 15) is 4.79 Å². The molecule has 4 nitrogen and oxygen atoms in total. The maximum atomic E-state index is 13.2. The van der Waals surface area contributed by atoms with Gasteiger partial charge in [0.05, 0.1) is 25.2 Å². The molecule has 1 aromatic carbocycles. The Labute approximate surface area is 137 Å². The predicted octanol–water partition coefficient (Wildman–Crippen LogP) is 2.66. The third kappa shape index (κ3) is 3.77. The predicted molar refractivity (Wildman–Crippen MR) is 89.1 cm³/mol. The molecule has 1 aliphatic heterocycles. The van der Waals surface area contributed by atoms with Gasteiger partial charge in [-0.05, 0) is 36.6 Å². The summed E-state index contributed by atoms with van der Waals surface area (Å²) in [6, 6.07) is 14.1. The van der Waals surface area contributed by atoms with Crippen LogP contribution in [0.2, 0.25) is 0 Å². The summed E-state index contributed by atoms with van der Waals surface area (Å²) in [5, 5.41) is 0. The molecule has 1 saturated heterocycles. The second-order valence-corrected chi connectivity index (χ2v) is 5.98. The lowest BCUT2D eigenvalue weighted by Gasteiger charge is -2.36. The third-order valence-electron chi connectivity index (χ3n) is 4.34. The minimum Gasteiger partial charge on any atom is -0.377 e. The van der Waals surface area contributed by atoms with Gasteiger partial charge in [0.15, 0.2) is 0 Å². The van der Waals surface area contributed by atoms with Gasteiger partial charge in [0.2, 0.25) is 5.91 Å². The number of carbonyl (C=O) groups excluding carboxylic acids is 1. The molecule has 2 aromatic rings. The highest BCUT2D eigenvalue weighted by Crippen LogP contribution is 2.25. The van der Waals surface area contributed by atoms with Crippen molar-refractivity contribution < 1.29 is 9.53 Å². The summed E-state index contributed by atoms with van der Waals surface area (Å²) < 4.78 is 5.46. The van der Waals surface area contributed by atoms with Gasteiger partial charge in [0.25, 0.3) is 0 Å². The lowest BCUT2D eigenvalue weighted by Crippen LogP contribution is -2.49. The van der Waals surface area contributed by atoms with Crippen molar-refractivity contribution in [3.63, 3.8) is 0 Å². The minimum absolute atomic E-state index is 0.125. The second-order valence-electron chi connectivity index (χ2n) is 5.98. The molecule has 1 fully saturated rings. The summed E-state index contributed by atoms with van der Waals surface area (Å²) in [5.74, 6) is 0.0166. The Morgan fingerprint density at radius 1 is 1.26 bits per heavy atom. The molecule has 1 aliphatic rings. The zero-order valence-corrected chi connectivity index (χ0v) is 13.4. The van der Waals surface area contributed by atoms with Gasteiger partial charge in [0.1, 0.15) is 0 Å². The highest BCUT2D eigenvalue weighted by Gasteiger charge is 2.30. The van der Waals surface area contributed by atoms with E-state index in [1.165, 1.54) is 0 Å². The molecule has 0 N–H and O–H groups in total. The van der Waals surface area contributed by atoms with E-state index in [1.54, 1.807) is 12.4 Å². The van der Waals surface area contributed by atoms with Crippen LogP contribution in [0.3, 0.4) is 0 Å². The maximum absolute atomic E-state index is 13.2. The topological polar surface area (TPSA) is 42.4 Å². The van der Waals surface area contributed by atoms with E-state index in [4.69, 9.17) is 4.74 Å². The van der Waals surface area contributed by atoms with Crippen LogP contribution in [0.1, 0.15) is 24.0 Å². The number of benzene rings is 1. The average Bonchev–Trinajstić information content (AvgIpc) is 2.61. The monoisotopic (exact) mass is 310 g/mol. The molecule has 0 radical (unpaired) electrons. The van der Waals surface area contributed by atoms with Crippen molar-refractivity contribution >= 4 is 5.91 Å². The zero-order chi connectivity index (χ0) is 16.1. The molecule has 120 valence electrons. The molecule has 0 saturated carbocycles. The Morgan fingerprint density at radius 3 is 2.70 bits per heavy atom. The highest BCUT2D eigenvalue weighted by atomic mass is 16.5. The fourth-order valence-corrected chi connectivity index (χ4v) is 3.04. The number of aromatic nitrogens is 1. The van der Waals surface area contributed by atoms with Crippen molar-refractivity contribution in [3.05, 3.63) is 66.0 Å². The van der Waals surface area contributed by atoms with E-state index < -0.39 is 0 Å². The molecule has 2 unspecified atom stereocenters. The van der Waals surface area contributed by atoms with Crippen LogP contribution in [0.15, 0.2) is 54.9 Å². The Hall–Kier alpha value is -2.20. The van der Waals surface area contributed by atoms with Crippen molar-refractivity contribution in [2.75, 3.05) is 19.8 Å². The van der Waals surface area contributed by atoms with Gasteiger partial charge in [-0.2, -0.15) is 0 Å². The minimum atomic E-state index is -0.167. The van der Waals surface area contributed by atoms with E-state index in [0.717, 1.165) is 11.1 Å². The third-order valence-corrected chi connectivity index (χ3v) is 4.34. The summed E-state index contributed by atoms with van der Waals surface area (Å²) >= 11 is 0. The lowest BCUT2D eigenvalue weighted by atomic mass is 9.90. The molecule has 23 heavy (non-hydrogen) atoms. The number of morpholine rings is 1. The van der Waals surface area contributed by atoms with Crippen LogP contribution in [0.25, 0.3) is 0 Å². The lowest BCUT2D eigenvalue weighted by molar-refractivity contribution is -0.140. The van der Waals surface area contributed by atoms with Crippen molar-refractivity contribution in [2.24, 2.45) is 0 Å². The Morgan fingerprint density at radius 2 is 2.00 bits per heavy atom. The average molecular weight is 310 g/mol. The molecule has 2 atom stereocenters. The van der Waals surface area contributed by atoms with Gasteiger partial charge in [-0.3, -0.25) is 9.78 Å². The molecule has 0 aliphatic carbocycles. The zero-order valence-electron chi connectivity index (χ0n) is 13.4. The van der Waals surface area contributed by atoms with Gasteiger partial charge < -0.3 is 9.64 Å². The Balaban J connectivity index is 1.87. The summed E-state index contributed by atoms with van der Waals surface area (Å²) in [4.78, 5) is 19.2. The highest BCUT2D eigenvalue weighted by molar-refractivity contribution is 5.84. The maximum Gasteiger partial charge on any atom is 0.230 e. The molecule has 0 bridgehead atoms. The summed E-state index contributed by atoms with van der Waals surface area (Å²) in [5.41, 5.74) is 2.19. The molecular weight excluding hydrogens is 288 g/mol. The Bertz CT molecular complexity index is 630. The first-order chi connectivity index (χ1) is 11.3. The van der Waals surface area contributed by atoms with Crippen LogP contribution in [-0.2, 0) is 16.0 Å². The fourth-order valence-electron chi connectivity index (χ4n) is 3.04. The van der Waals surface area contributed by atoms with E-state index in [2.05, 4.69) is 4.98 Å². The number of hydrogen-bond donors (Lipinski definition) is 0. The number of ether oxygens (including phenoxy) is 1. The van der Waals surface area contributed by atoms with Gasteiger partial charge in [0, 0.05) is 18.9 Å². The van der Waals surface area contributed by atoms with Crippen LogP contribution in [0.4, 0.5) is 0 Å². The van der Waals surface area contributed by atoms with E-state index in [0.29, 0.717) is 26.2 Å². The summed E-state index contributed by atoms with van der Waals surface area (Å²) in [7, 11) is 0. The van der Waals surface area contributed by atoms with Gasteiger partial charge in [-0.1, -0.05) is 30.3 Å². The van der Waals surface area contributed by atoms with Crippen molar-refractivity contribution in [2.45, 2.75) is 25.3 Å². The first kappa shape index (κ1) is 15.7. The molecule has 2 heterocycles. The normalized spacial score (nSPS) is 19.3. The fraction of sp³-hybridized carbons (Fsp3) is 0.368. The number of rotatable bonds is 4. The van der Waals surface area contributed by atoms with Crippen LogP contribution in [0.5, 0.6) is 0 Å².